The molecule has 0 saturated heterocycles. The highest BCUT2D eigenvalue weighted by Crippen LogP contribution is 2.19. The van der Waals surface area contributed by atoms with Crippen LogP contribution in [0.1, 0.15) is 5.56 Å². The van der Waals surface area contributed by atoms with Crippen LogP contribution in [0, 0.1) is 5.82 Å². The highest BCUT2D eigenvalue weighted by Gasteiger charge is 2.00. The number of thioether (sulfide) groups is 1. The van der Waals surface area contributed by atoms with Gasteiger partial charge >= 0.3 is 0 Å². The van der Waals surface area contributed by atoms with Gasteiger partial charge in [-0.2, -0.15) is 0 Å². The first kappa shape index (κ1) is 9.55. The van der Waals surface area contributed by atoms with E-state index in [-0.39, 0.29) is 5.82 Å². The number of nitrogens with one attached hydrogen (secondary N) is 1. The Hall–Kier alpha value is -0.540. The standard InChI is InChI=1S/C9H12FNS/c1-11-6-7-3-4-9(12-2)8(10)5-7/h3-5,11H,6H2,1-2H3. The molecule has 0 aliphatic carbocycles. The average molecular weight is 185 g/mol. The maximum Gasteiger partial charge on any atom is 0.137 e. The summed E-state index contributed by atoms with van der Waals surface area (Å²) < 4.78 is 13.1. The summed E-state index contributed by atoms with van der Waals surface area (Å²) in [4.78, 5) is 0.704. The van der Waals surface area contributed by atoms with Crippen LogP contribution in [0.3, 0.4) is 0 Å². The predicted molar refractivity (Wildman–Crippen MR) is 50.9 cm³/mol. The molecule has 1 N–H and O–H groups in total. The molecule has 0 aliphatic rings. The molecule has 0 atom stereocenters. The zero-order valence-corrected chi connectivity index (χ0v) is 8.04. The Morgan fingerprint density at radius 2 is 2.25 bits per heavy atom. The van der Waals surface area contributed by atoms with Gasteiger partial charge in [-0.25, -0.2) is 4.39 Å². The van der Waals surface area contributed by atoms with Crippen LogP contribution in [0.15, 0.2) is 23.1 Å². The van der Waals surface area contributed by atoms with E-state index in [4.69, 9.17) is 0 Å². The average Bonchev–Trinajstić information content (AvgIpc) is 2.05. The zero-order valence-electron chi connectivity index (χ0n) is 7.23. The Balaban J connectivity index is 2.86. The number of hydrogen-bond acceptors (Lipinski definition) is 2. The van der Waals surface area contributed by atoms with Crippen molar-refractivity contribution in [2.75, 3.05) is 13.3 Å². The van der Waals surface area contributed by atoms with Gasteiger partial charge in [0.15, 0.2) is 0 Å². The molecule has 66 valence electrons. The number of rotatable bonds is 3. The fraction of sp³-hybridized carbons (Fsp3) is 0.333. The zero-order chi connectivity index (χ0) is 8.97. The minimum absolute atomic E-state index is 0.129. The molecule has 0 aliphatic heterocycles. The van der Waals surface area contributed by atoms with Gasteiger partial charge in [-0.1, -0.05) is 6.07 Å². The summed E-state index contributed by atoms with van der Waals surface area (Å²) in [7, 11) is 1.85. The van der Waals surface area contributed by atoms with Gasteiger partial charge in [-0.05, 0) is 31.0 Å². The third-order valence-electron chi connectivity index (χ3n) is 1.60. The first-order valence-corrected chi connectivity index (χ1v) is 4.97. The summed E-state index contributed by atoms with van der Waals surface area (Å²) in [6.45, 7) is 0.714. The molecule has 0 saturated carbocycles. The van der Waals surface area contributed by atoms with Crippen molar-refractivity contribution in [2.24, 2.45) is 0 Å². The fourth-order valence-corrected chi connectivity index (χ4v) is 1.48. The molecular weight excluding hydrogens is 173 g/mol. The van der Waals surface area contributed by atoms with Crippen molar-refractivity contribution in [1.82, 2.24) is 5.32 Å². The Bertz CT molecular complexity index is 263. The van der Waals surface area contributed by atoms with Gasteiger partial charge in [0.25, 0.3) is 0 Å². The first-order chi connectivity index (χ1) is 5.77. The smallest absolute Gasteiger partial charge is 0.137 e. The van der Waals surface area contributed by atoms with E-state index in [1.165, 1.54) is 11.8 Å². The van der Waals surface area contributed by atoms with Crippen molar-refractivity contribution in [3.63, 3.8) is 0 Å². The molecule has 0 radical (unpaired) electrons. The van der Waals surface area contributed by atoms with Crippen LogP contribution in [-0.4, -0.2) is 13.3 Å². The number of halogens is 1. The lowest BCUT2D eigenvalue weighted by molar-refractivity contribution is 0.598. The SMILES string of the molecule is CNCc1ccc(SC)c(F)c1. The number of benzene rings is 1. The Morgan fingerprint density at radius 3 is 2.75 bits per heavy atom. The van der Waals surface area contributed by atoms with Crippen molar-refractivity contribution < 1.29 is 4.39 Å². The van der Waals surface area contributed by atoms with E-state index in [1.54, 1.807) is 6.07 Å². The minimum Gasteiger partial charge on any atom is -0.316 e. The molecule has 0 spiro atoms. The lowest BCUT2D eigenvalue weighted by Gasteiger charge is -2.02. The van der Waals surface area contributed by atoms with Gasteiger partial charge in [-0.3, -0.25) is 0 Å². The monoisotopic (exact) mass is 185 g/mol. The lowest BCUT2D eigenvalue weighted by atomic mass is 10.2. The maximum atomic E-state index is 13.1. The summed E-state index contributed by atoms with van der Waals surface area (Å²) in [5, 5.41) is 2.98. The van der Waals surface area contributed by atoms with Gasteiger partial charge < -0.3 is 5.32 Å². The van der Waals surface area contributed by atoms with Gasteiger partial charge in [0.1, 0.15) is 5.82 Å². The van der Waals surface area contributed by atoms with Crippen molar-refractivity contribution in [3.8, 4) is 0 Å². The Kier molecular flexibility index (Phi) is 3.56. The van der Waals surface area contributed by atoms with Gasteiger partial charge in [0.05, 0.1) is 0 Å². The predicted octanol–water partition coefficient (Wildman–Crippen LogP) is 2.27. The molecule has 12 heavy (non-hydrogen) atoms. The highest BCUT2D eigenvalue weighted by atomic mass is 32.2. The normalized spacial score (nSPS) is 10.2. The Labute approximate surface area is 76.4 Å². The largest absolute Gasteiger partial charge is 0.316 e. The van der Waals surface area contributed by atoms with Gasteiger partial charge in [0, 0.05) is 11.4 Å². The van der Waals surface area contributed by atoms with Crippen LogP contribution in [0.25, 0.3) is 0 Å². The molecule has 0 aromatic heterocycles. The summed E-state index contributed by atoms with van der Waals surface area (Å²) in [5.74, 6) is -0.129. The molecule has 1 rings (SSSR count). The van der Waals surface area contributed by atoms with Crippen LogP contribution < -0.4 is 5.32 Å². The van der Waals surface area contributed by atoms with Crippen molar-refractivity contribution in [2.45, 2.75) is 11.4 Å². The molecule has 3 heteroatoms. The van der Waals surface area contributed by atoms with E-state index in [1.807, 2.05) is 25.4 Å². The van der Waals surface area contributed by atoms with Crippen molar-refractivity contribution in [3.05, 3.63) is 29.6 Å². The van der Waals surface area contributed by atoms with Crippen LogP contribution in [0.2, 0.25) is 0 Å². The van der Waals surface area contributed by atoms with Crippen LogP contribution in [0.5, 0.6) is 0 Å². The van der Waals surface area contributed by atoms with E-state index >= 15 is 0 Å². The molecular formula is C9H12FNS. The maximum absolute atomic E-state index is 13.1. The quantitative estimate of drug-likeness (QED) is 0.725. The fourth-order valence-electron chi connectivity index (χ4n) is 1.02. The van der Waals surface area contributed by atoms with Crippen LogP contribution >= 0.6 is 11.8 Å². The van der Waals surface area contributed by atoms with Crippen molar-refractivity contribution >= 4 is 11.8 Å². The van der Waals surface area contributed by atoms with E-state index in [0.717, 1.165) is 5.56 Å². The molecule has 1 aromatic rings. The van der Waals surface area contributed by atoms with Gasteiger partial charge in [-0.15, -0.1) is 11.8 Å². The molecule has 0 amide bonds. The van der Waals surface area contributed by atoms with Crippen molar-refractivity contribution in [1.29, 1.82) is 0 Å². The topological polar surface area (TPSA) is 12.0 Å². The van der Waals surface area contributed by atoms with Crippen LogP contribution in [0.4, 0.5) is 4.39 Å². The third kappa shape index (κ3) is 2.22. The third-order valence-corrected chi connectivity index (χ3v) is 2.37. The highest BCUT2D eigenvalue weighted by molar-refractivity contribution is 7.98. The summed E-state index contributed by atoms with van der Waals surface area (Å²) in [5.41, 5.74) is 0.979. The van der Waals surface area contributed by atoms with E-state index in [2.05, 4.69) is 5.32 Å². The second kappa shape index (κ2) is 4.48. The molecule has 1 nitrogen and oxygen atoms in total. The molecule has 0 unspecified atom stereocenters. The summed E-state index contributed by atoms with van der Waals surface area (Å²) in [6, 6.07) is 5.32. The van der Waals surface area contributed by atoms with E-state index in [0.29, 0.717) is 11.4 Å². The molecule has 0 bridgehead atoms. The minimum atomic E-state index is -0.129. The molecule has 0 heterocycles. The summed E-state index contributed by atoms with van der Waals surface area (Å²) in [6.07, 6.45) is 1.87. The lowest BCUT2D eigenvalue weighted by Crippen LogP contribution is -2.05. The summed E-state index contributed by atoms with van der Waals surface area (Å²) >= 11 is 1.43. The Morgan fingerprint density at radius 1 is 1.50 bits per heavy atom. The second-order valence-electron chi connectivity index (χ2n) is 2.50. The van der Waals surface area contributed by atoms with Gasteiger partial charge in [0.2, 0.25) is 0 Å². The molecule has 1 aromatic carbocycles. The second-order valence-corrected chi connectivity index (χ2v) is 3.35. The van der Waals surface area contributed by atoms with E-state index < -0.39 is 0 Å². The molecule has 0 fully saturated rings. The number of hydrogen-bond donors (Lipinski definition) is 1. The van der Waals surface area contributed by atoms with Crippen LogP contribution in [-0.2, 0) is 6.54 Å². The first-order valence-electron chi connectivity index (χ1n) is 3.75. The van der Waals surface area contributed by atoms with E-state index in [9.17, 15) is 4.39 Å².